The van der Waals surface area contributed by atoms with Crippen molar-refractivity contribution in [2.45, 2.75) is 52.1 Å². The van der Waals surface area contributed by atoms with E-state index in [0.29, 0.717) is 18.3 Å². The third-order valence-corrected chi connectivity index (χ3v) is 3.79. The van der Waals surface area contributed by atoms with Crippen molar-refractivity contribution in [1.82, 2.24) is 9.88 Å². The molecule has 0 spiro atoms. The van der Waals surface area contributed by atoms with Gasteiger partial charge in [0.05, 0.1) is 7.11 Å². The molecule has 1 amide bonds. The van der Waals surface area contributed by atoms with Gasteiger partial charge in [0.15, 0.2) is 0 Å². The highest BCUT2D eigenvalue weighted by Crippen LogP contribution is 2.29. The van der Waals surface area contributed by atoms with Gasteiger partial charge in [-0.1, -0.05) is 0 Å². The van der Waals surface area contributed by atoms with Gasteiger partial charge >= 0.3 is 6.09 Å². The number of amides is 1. The Morgan fingerprint density at radius 1 is 1.41 bits per heavy atom. The number of rotatable bonds is 2. The first-order chi connectivity index (χ1) is 10.3. The summed E-state index contributed by atoms with van der Waals surface area (Å²) in [7, 11) is 1.62. The monoisotopic (exact) mass is 306 g/mol. The molecule has 0 bridgehead atoms. The summed E-state index contributed by atoms with van der Waals surface area (Å²) >= 11 is 0. The molecule has 0 N–H and O–H groups in total. The Morgan fingerprint density at radius 2 is 2.14 bits per heavy atom. The van der Waals surface area contributed by atoms with Gasteiger partial charge in [-0.2, -0.15) is 0 Å². The largest absolute Gasteiger partial charge is 0.481 e. The lowest BCUT2D eigenvalue weighted by Gasteiger charge is -2.34. The third-order valence-electron chi connectivity index (χ3n) is 3.79. The van der Waals surface area contributed by atoms with Gasteiger partial charge in [0.1, 0.15) is 5.60 Å². The van der Waals surface area contributed by atoms with E-state index in [1.54, 1.807) is 12.0 Å². The smallest absolute Gasteiger partial charge is 0.410 e. The molecule has 2 rings (SSSR count). The zero-order chi connectivity index (χ0) is 16.3. The number of pyridine rings is 1. The van der Waals surface area contributed by atoms with E-state index in [4.69, 9.17) is 9.47 Å². The maximum atomic E-state index is 12.2. The van der Waals surface area contributed by atoms with E-state index in [2.05, 4.69) is 11.1 Å². The van der Waals surface area contributed by atoms with Crippen LogP contribution in [0.15, 0.2) is 12.3 Å². The van der Waals surface area contributed by atoms with E-state index < -0.39 is 5.60 Å². The molecule has 1 aromatic rings. The maximum absolute atomic E-state index is 12.2. The summed E-state index contributed by atoms with van der Waals surface area (Å²) in [6, 6.07) is 2.11. The normalized spacial score (nSPS) is 19.0. The van der Waals surface area contributed by atoms with Gasteiger partial charge in [0.2, 0.25) is 5.88 Å². The van der Waals surface area contributed by atoms with Crippen LogP contribution in [0.1, 0.15) is 50.7 Å². The highest BCUT2D eigenvalue weighted by Gasteiger charge is 2.28. The van der Waals surface area contributed by atoms with E-state index in [9.17, 15) is 4.79 Å². The molecule has 1 aliphatic rings. The number of carbonyl (C=O) groups is 1. The standard InChI is InChI=1S/C17H26N2O3/c1-12-9-14(10-18-15(12)21-5)13-7-6-8-19(11-13)16(20)22-17(2,3)4/h9-10,13H,6-8,11H2,1-5H3/t13-/m1/s1. The minimum Gasteiger partial charge on any atom is -0.481 e. The highest BCUT2D eigenvalue weighted by molar-refractivity contribution is 5.68. The van der Waals surface area contributed by atoms with Crippen molar-refractivity contribution in [2.24, 2.45) is 0 Å². The van der Waals surface area contributed by atoms with Crippen LogP contribution in [0.25, 0.3) is 0 Å². The van der Waals surface area contributed by atoms with Crippen molar-refractivity contribution in [3.8, 4) is 5.88 Å². The van der Waals surface area contributed by atoms with Crippen molar-refractivity contribution in [1.29, 1.82) is 0 Å². The SMILES string of the molecule is COc1ncc([C@@H]2CCCN(C(=O)OC(C)(C)C)C2)cc1C. The van der Waals surface area contributed by atoms with Gasteiger partial charge in [0, 0.05) is 30.8 Å². The molecule has 5 heteroatoms. The van der Waals surface area contributed by atoms with Crippen LogP contribution in [-0.4, -0.2) is 41.8 Å². The zero-order valence-electron chi connectivity index (χ0n) is 14.2. The molecule has 0 aliphatic carbocycles. The second kappa shape index (κ2) is 6.55. The first-order valence-electron chi connectivity index (χ1n) is 7.78. The Bertz CT molecular complexity index is 537. The summed E-state index contributed by atoms with van der Waals surface area (Å²) in [4.78, 5) is 18.4. The molecular formula is C17H26N2O3. The zero-order valence-corrected chi connectivity index (χ0v) is 14.2. The number of nitrogens with zero attached hydrogens (tertiary/aromatic N) is 2. The summed E-state index contributed by atoms with van der Waals surface area (Å²) in [6.45, 7) is 9.11. The van der Waals surface area contributed by atoms with Crippen molar-refractivity contribution in [3.63, 3.8) is 0 Å². The van der Waals surface area contributed by atoms with Crippen LogP contribution in [0.2, 0.25) is 0 Å². The summed E-state index contributed by atoms with van der Waals surface area (Å²) in [5.74, 6) is 0.960. The second-order valence-corrected chi connectivity index (χ2v) is 6.86. The van der Waals surface area contributed by atoms with Crippen molar-refractivity contribution in [2.75, 3.05) is 20.2 Å². The van der Waals surface area contributed by atoms with Gasteiger partial charge < -0.3 is 14.4 Å². The van der Waals surface area contributed by atoms with Crippen LogP contribution < -0.4 is 4.74 Å². The molecule has 5 nitrogen and oxygen atoms in total. The Hall–Kier alpha value is -1.78. The van der Waals surface area contributed by atoms with Gasteiger partial charge in [-0.05, 0) is 52.2 Å². The van der Waals surface area contributed by atoms with E-state index in [-0.39, 0.29) is 6.09 Å². The third kappa shape index (κ3) is 4.12. The van der Waals surface area contributed by atoms with Crippen LogP contribution in [-0.2, 0) is 4.74 Å². The quantitative estimate of drug-likeness (QED) is 0.839. The molecule has 1 aliphatic heterocycles. The molecule has 1 fully saturated rings. The molecule has 1 atom stereocenters. The molecule has 2 heterocycles. The van der Waals surface area contributed by atoms with Crippen LogP contribution in [0, 0.1) is 6.92 Å². The Morgan fingerprint density at radius 3 is 2.73 bits per heavy atom. The molecule has 122 valence electrons. The number of methoxy groups -OCH3 is 1. The van der Waals surface area contributed by atoms with Gasteiger partial charge in [-0.3, -0.25) is 0 Å². The fourth-order valence-corrected chi connectivity index (χ4v) is 2.76. The predicted molar refractivity (Wildman–Crippen MR) is 85.3 cm³/mol. The van der Waals surface area contributed by atoms with Gasteiger partial charge in [0.25, 0.3) is 0 Å². The van der Waals surface area contributed by atoms with Crippen molar-refractivity contribution >= 4 is 6.09 Å². The van der Waals surface area contributed by atoms with Crippen LogP contribution in [0.3, 0.4) is 0 Å². The summed E-state index contributed by atoms with van der Waals surface area (Å²) in [5.41, 5.74) is 1.73. The summed E-state index contributed by atoms with van der Waals surface area (Å²) in [5, 5.41) is 0. The summed E-state index contributed by atoms with van der Waals surface area (Å²) in [6.07, 6.45) is 3.67. The van der Waals surface area contributed by atoms with Gasteiger partial charge in [-0.15, -0.1) is 0 Å². The van der Waals surface area contributed by atoms with E-state index in [1.807, 2.05) is 33.9 Å². The lowest BCUT2D eigenvalue weighted by atomic mass is 9.91. The number of hydrogen-bond donors (Lipinski definition) is 0. The van der Waals surface area contributed by atoms with Gasteiger partial charge in [-0.25, -0.2) is 9.78 Å². The average Bonchev–Trinajstić information content (AvgIpc) is 2.45. The minimum absolute atomic E-state index is 0.226. The number of hydrogen-bond acceptors (Lipinski definition) is 4. The van der Waals surface area contributed by atoms with Crippen molar-refractivity contribution < 1.29 is 14.3 Å². The Balaban J connectivity index is 2.07. The van der Waals surface area contributed by atoms with Crippen LogP contribution in [0.5, 0.6) is 5.88 Å². The average molecular weight is 306 g/mol. The molecule has 1 saturated heterocycles. The number of ether oxygens (including phenoxy) is 2. The predicted octanol–water partition coefficient (Wildman–Crippen LogP) is 3.51. The first kappa shape index (κ1) is 16.6. The summed E-state index contributed by atoms with van der Waals surface area (Å²) < 4.78 is 10.7. The first-order valence-corrected chi connectivity index (χ1v) is 7.78. The molecule has 1 aromatic heterocycles. The lowest BCUT2D eigenvalue weighted by Crippen LogP contribution is -2.42. The van der Waals surface area contributed by atoms with E-state index in [0.717, 1.165) is 30.5 Å². The van der Waals surface area contributed by atoms with Crippen LogP contribution >= 0.6 is 0 Å². The van der Waals surface area contributed by atoms with Crippen molar-refractivity contribution in [3.05, 3.63) is 23.4 Å². The molecule has 0 radical (unpaired) electrons. The Labute approximate surface area is 132 Å². The molecule has 0 aromatic carbocycles. The Kier molecular flexibility index (Phi) is 4.94. The topological polar surface area (TPSA) is 51.7 Å². The number of carbonyl (C=O) groups excluding carboxylic acids is 1. The number of piperidine rings is 1. The molecular weight excluding hydrogens is 280 g/mol. The number of aryl methyl sites for hydroxylation is 1. The highest BCUT2D eigenvalue weighted by atomic mass is 16.6. The maximum Gasteiger partial charge on any atom is 0.410 e. The molecule has 0 saturated carbocycles. The fraction of sp³-hybridized carbons (Fsp3) is 0.647. The number of aromatic nitrogens is 1. The second-order valence-electron chi connectivity index (χ2n) is 6.86. The minimum atomic E-state index is -0.456. The molecule has 22 heavy (non-hydrogen) atoms. The molecule has 0 unspecified atom stereocenters. The van der Waals surface area contributed by atoms with E-state index >= 15 is 0 Å². The van der Waals surface area contributed by atoms with E-state index in [1.165, 1.54) is 0 Å². The lowest BCUT2D eigenvalue weighted by molar-refractivity contribution is 0.0198. The fourth-order valence-electron chi connectivity index (χ4n) is 2.76. The number of likely N-dealkylation sites (tertiary alicyclic amines) is 1. The van der Waals surface area contributed by atoms with Crippen LogP contribution in [0.4, 0.5) is 4.79 Å².